The molecule has 0 aliphatic carbocycles. The van der Waals surface area contributed by atoms with E-state index in [4.69, 9.17) is 14.0 Å². The van der Waals surface area contributed by atoms with Crippen molar-refractivity contribution >= 4 is 18.1 Å². The third kappa shape index (κ3) is 11.3. The second-order valence-corrected chi connectivity index (χ2v) is 13.2. The molecule has 10 nitrogen and oxygen atoms in total. The van der Waals surface area contributed by atoms with E-state index >= 15 is 0 Å². The van der Waals surface area contributed by atoms with Crippen molar-refractivity contribution in [3.63, 3.8) is 0 Å². The van der Waals surface area contributed by atoms with Crippen LogP contribution in [0.15, 0.2) is 27.7 Å². The zero-order valence-corrected chi connectivity index (χ0v) is 27.3. The quantitative estimate of drug-likeness (QED) is 0.165. The van der Waals surface area contributed by atoms with Gasteiger partial charge in [0.25, 0.3) is 0 Å². The smallest absolute Gasteiger partial charge is 0.437 e. The number of ether oxygens (including phenoxy) is 2. The third-order valence-electron chi connectivity index (χ3n) is 6.93. The first-order valence-electron chi connectivity index (χ1n) is 15.6. The molecule has 1 aromatic carbocycles. The first-order valence-corrected chi connectivity index (χ1v) is 15.6. The molecule has 1 unspecified atom stereocenters. The maximum absolute atomic E-state index is 14.1. The van der Waals surface area contributed by atoms with Crippen molar-refractivity contribution in [2.75, 3.05) is 6.54 Å². The Hall–Kier alpha value is -3.64. The molecule has 3 rings (SSSR count). The molecule has 0 saturated carbocycles. The molecule has 1 aliphatic heterocycles. The van der Waals surface area contributed by atoms with Gasteiger partial charge >= 0.3 is 18.4 Å². The van der Waals surface area contributed by atoms with Gasteiger partial charge in [-0.05, 0) is 78.9 Å². The number of aliphatic imine (C=N–C) groups is 1. The molecule has 0 spiro atoms. The number of unbranched alkanes of at least 4 members (excludes halogenated alkanes) is 5. The van der Waals surface area contributed by atoms with Crippen molar-refractivity contribution in [2.24, 2.45) is 4.99 Å². The monoisotopic (exact) mass is 637 g/mol. The van der Waals surface area contributed by atoms with Crippen LogP contribution in [0.5, 0.6) is 0 Å². The topological polar surface area (TPSA) is 119 Å². The molecule has 0 bridgehead atoms. The van der Waals surface area contributed by atoms with Crippen molar-refractivity contribution in [1.29, 1.82) is 0 Å². The predicted octanol–water partition coefficient (Wildman–Crippen LogP) is 8.61. The highest BCUT2D eigenvalue weighted by molar-refractivity contribution is 5.99. The molecule has 2 amide bonds. The van der Waals surface area contributed by atoms with E-state index in [9.17, 15) is 22.8 Å². The number of hydrogen-bond acceptors (Lipinski definition) is 7. The second-order valence-electron chi connectivity index (χ2n) is 13.2. The minimum atomic E-state index is -4.54. The van der Waals surface area contributed by atoms with Crippen LogP contribution in [0.4, 0.5) is 22.8 Å². The molecule has 250 valence electrons. The fourth-order valence-electron chi connectivity index (χ4n) is 4.99. The standard InChI is InChI=1S/C32H46F3N5O5/c1-8-9-10-11-12-13-15-21-17-18-22(20-23(21)32(33,34)35)25-36-26(45-39-25)24-16-14-19-40(24)27(37-28(41)43-30(2,3)4)38-29(42)44-31(5,6)7/h17-18,20,24H,8-16,19H2,1-7H3,(H,37,38,41,42). The summed E-state index contributed by atoms with van der Waals surface area (Å²) in [7, 11) is 0. The van der Waals surface area contributed by atoms with E-state index in [2.05, 4.69) is 27.4 Å². The van der Waals surface area contributed by atoms with Crippen LogP contribution in [0.25, 0.3) is 11.4 Å². The van der Waals surface area contributed by atoms with E-state index in [1.807, 2.05) is 0 Å². The number of halogens is 3. The second kappa shape index (κ2) is 15.1. The summed E-state index contributed by atoms with van der Waals surface area (Å²) in [5.41, 5.74) is -1.95. The van der Waals surface area contributed by atoms with E-state index in [1.165, 1.54) is 6.07 Å². The number of hydrogen-bond donors (Lipinski definition) is 1. The lowest BCUT2D eigenvalue weighted by molar-refractivity contribution is -0.138. The summed E-state index contributed by atoms with van der Waals surface area (Å²) in [5, 5.41) is 6.51. The fourth-order valence-corrected chi connectivity index (χ4v) is 4.99. The molecule has 1 saturated heterocycles. The zero-order valence-electron chi connectivity index (χ0n) is 27.3. The Morgan fingerprint density at radius 1 is 1.02 bits per heavy atom. The summed E-state index contributed by atoms with van der Waals surface area (Å²) in [4.78, 5) is 35.3. The largest absolute Gasteiger partial charge is 0.444 e. The van der Waals surface area contributed by atoms with Gasteiger partial charge in [-0.15, -0.1) is 4.99 Å². The molecule has 1 aliphatic rings. The summed E-state index contributed by atoms with van der Waals surface area (Å²) < 4.78 is 58.4. The molecule has 45 heavy (non-hydrogen) atoms. The Morgan fingerprint density at radius 3 is 2.33 bits per heavy atom. The molecule has 1 aromatic heterocycles. The Kier molecular flexibility index (Phi) is 12.0. The molecule has 0 radical (unpaired) electrons. The van der Waals surface area contributed by atoms with Crippen LogP contribution in [0, 0.1) is 0 Å². The lowest BCUT2D eigenvalue weighted by Gasteiger charge is -2.27. The Morgan fingerprint density at radius 2 is 1.69 bits per heavy atom. The van der Waals surface area contributed by atoms with Gasteiger partial charge in [-0.1, -0.05) is 56.3 Å². The van der Waals surface area contributed by atoms with Crippen molar-refractivity contribution in [1.82, 2.24) is 20.4 Å². The highest BCUT2D eigenvalue weighted by Gasteiger charge is 2.37. The minimum absolute atomic E-state index is 0.000742. The van der Waals surface area contributed by atoms with E-state index in [0.717, 1.165) is 38.2 Å². The molecule has 1 fully saturated rings. The number of alkyl carbamates (subject to hydrolysis) is 1. The van der Waals surface area contributed by atoms with Crippen LogP contribution in [-0.4, -0.2) is 50.9 Å². The maximum atomic E-state index is 14.1. The van der Waals surface area contributed by atoms with Crippen LogP contribution in [0.3, 0.4) is 0 Å². The number of aromatic nitrogens is 2. The summed E-state index contributed by atoms with van der Waals surface area (Å²) >= 11 is 0. The van der Waals surface area contributed by atoms with Crippen molar-refractivity contribution in [3.8, 4) is 11.4 Å². The number of nitrogens with zero attached hydrogens (tertiary/aromatic N) is 4. The van der Waals surface area contributed by atoms with Crippen molar-refractivity contribution in [2.45, 2.75) is 130 Å². The first-order chi connectivity index (χ1) is 21.0. The van der Waals surface area contributed by atoms with Crippen LogP contribution < -0.4 is 5.32 Å². The van der Waals surface area contributed by atoms with Crippen LogP contribution in [0.1, 0.15) is 123 Å². The summed E-state index contributed by atoms with van der Waals surface area (Å²) in [6.45, 7) is 12.6. The number of amides is 2. The number of alkyl halides is 3. The van der Waals surface area contributed by atoms with Gasteiger partial charge in [-0.2, -0.15) is 18.2 Å². The summed E-state index contributed by atoms with van der Waals surface area (Å²) in [6.07, 6.45) is 1.06. The predicted molar refractivity (Wildman–Crippen MR) is 164 cm³/mol. The van der Waals surface area contributed by atoms with Gasteiger partial charge in [0.1, 0.15) is 17.2 Å². The summed E-state index contributed by atoms with van der Waals surface area (Å²) in [5.74, 6) is -0.0200. The highest BCUT2D eigenvalue weighted by Crippen LogP contribution is 2.37. The van der Waals surface area contributed by atoms with Gasteiger partial charge in [0.2, 0.25) is 17.7 Å². The molecular formula is C32H46F3N5O5. The number of carbonyl (C=O) groups excluding carboxylic acids is 2. The maximum Gasteiger partial charge on any atom is 0.437 e. The number of carbonyl (C=O) groups is 2. The van der Waals surface area contributed by atoms with Crippen molar-refractivity contribution < 1.29 is 36.8 Å². The molecule has 2 heterocycles. The average molecular weight is 638 g/mol. The fraction of sp³-hybridized carbons (Fsp3) is 0.656. The summed E-state index contributed by atoms with van der Waals surface area (Å²) in [6, 6.07) is 3.50. The third-order valence-corrected chi connectivity index (χ3v) is 6.93. The van der Waals surface area contributed by atoms with Gasteiger partial charge in [0, 0.05) is 12.1 Å². The zero-order chi connectivity index (χ0) is 33.4. The van der Waals surface area contributed by atoms with Gasteiger partial charge in [0.05, 0.1) is 5.56 Å². The SMILES string of the molecule is CCCCCCCCc1ccc(-c2noc(C3CCCN3C(=NC(=O)OC(C)(C)C)NC(=O)OC(C)(C)C)n2)cc1C(F)(F)F. The number of rotatable bonds is 9. The Bertz CT molecular complexity index is 1330. The number of likely N-dealkylation sites (tertiary alicyclic amines) is 1. The van der Waals surface area contributed by atoms with Gasteiger partial charge in [-0.25, -0.2) is 9.59 Å². The van der Waals surface area contributed by atoms with Gasteiger partial charge in [0.15, 0.2) is 0 Å². The molecule has 1 N–H and O–H groups in total. The lowest BCUT2D eigenvalue weighted by Crippen LogP contribution is -2.46. The highest BCUT2D eigenvalue weighted by atomic mass is 19.4. The van der Waals surface area contributed by atoms with Crippen LogP contribution >= 0.6 is 0 Å². The van der Waals surface area contributed by atoms with E-state index in [1.54, 1.807) is 52.5 Å². The van der Waals surface area contributed by atoms with E-state index in [0.29, 0.717) is 32.2 Å². The van der Waals surface area contributed by atoms with Gasteiger partial charge < -0.3 is 18.9 Å². The first kappa shape index (κ1) is 35.8. The van der Waals surface area contributed by atoms with Gasteiger partial charge in [-0.3, -0.25) is 5.32 Å². The number of guanidine groups is 1. The molecular weight excluding hydrogens is 591 g/mol. The normalized spacial score (nSPS) is 16.2. The number of benzene rings is 1. The van der Waals surface area contributed by atoms with E-state index < -0.39 is 41.2 Å². The number of nitrogens with one attached hydrogen (secondary N) is 1. The minimum Gasteiger partial charge on any atom is -0.444 e. The van der Waals surface area contributed by atoms with Crippen LogP contribution in [-0.2, 0) is 22.1 Å². The number of aryl methyl sites for hydroxylation is 1. The Balaban J connectivity index is 1.85. The van der Waals surface area contributed by atoms with Crippen molar-refractivity contribution in [3.05, 3.63) is 35.2 Å². The Labute approximate surface area is 263 Å². The van der Waals surface area contributed by atoms with Crippen LogP contribution in [0.2, 0.25) is 0 Å². The molecule has 13 heteroatoms. The molecule has 1 atom stereocenters. The van der Waals surface area contributed by atoms with E-state index in [-0.39, 0.29) is 28.8 Å². The molecule has 2 aromatic rings. The lowest BCUT2D eigenvalue weighted by atomic mass is 9.97. The average Bonchev–Trinajstić information content (AvgIpc) is 3.57.